The molecule has 2 atom stereocenters. The number of nitrogens with one attached hydrogen (secondary N) is 1. The van der Waals surface area contributed by atoms with Gasteiger partial charge in [-0.25, -0.2) is 0 Å². The lowest BCUT2D eigenvalue weighted by Crippen LogP contribution is -2.29. The molecule has 96 valence electrons. The molecule has 0 aromatic heterocycles. The predicted molar refractivity (Wildman–Crippen MR) is 76.3 cm³/mol. The first-order chi connectivity index (χ1) is 7.68. The maximum Gasteiger partial charge on any atom is 0.0168 e. The topological polar surface area (TPSA) is 12.0 Å². The van der Waals surface area contributed by atoms with Crippen molar-refractivity contribution in [3.05, 3.63) is 0 Å². The van der Waals surface area contributed by atoms with Crippen molar-refractivity contribution in [2.75, 3.05) is 12.3 Å². The van der Waals surface area contributed by atoms with E-state index in [-0.39, 0.29) is 0 Å². The van der Waals surface area contributed by atoms with Crippen LogP contribution >= 0.6 is 11.8 Å². The summed E-state index contributed by atoms with van der Waals surface area (Å²) in [6, 6.07) is 0.802. The number of rotatable bonds is 8. The molecular formula is C14H29NS. The summed E-state index contributed by atoms with van der Waals surface area (Å²) >= 11 is 2.12. The van der Waals surface area contributed by atoms with Crippen molar-refractivity contribution in [2.24, 2.45) is 5.92 Å². The van der Waals surface area contributed by atoms with Crippen LogP contribution in [-0.2, 0) is 0 Å². The van der Waals surface area contributed by atoms with Gasteiger partial charge in [0.1, 0.15) is 0 Å². The summed E-state index contributed by atoms with van der Waals surface area (Å²) in [5.74, 6) is 2.21. The molecule has 1 nitrogen and oxygen atoms in total. The highest BCUT2D eigenvalue weighted by Crippen LogP contribution is 2.25. The average molecular weight is 243 g/mol. The second-order valence-corrected chi connectivity index (χ2v) is 7.10. The van der Waals surface area contributed by atoms with Gasteiger partial charge in [0.15, 0.2) is 0 Å². The molecule has 1 fully saturated rings. The SMILES string of the molecule is CC(C)CCCCCCNC1CSC(C)C1. The van der Waals surface area contributed by atoms with Crippen molar-refractivity contribution in [3.63, 3.8) is 0 Å². The molecule has 1 saturated heterocycles. The van der Waals surface area contributed by atoms with E-state index in [1.54, 1.807) is 0 Å². The van der Waals surface area contributed by atoms with E-state index in [4.69, 9.17) is 0 Å². The Bertz CT molecular complexity index is 170. The van der Waals surface area contributed by atoms with Crippen LogP contribution in [0, 0.1) is 5.92 Å². The van der Waals surface area contributed by atoms with Gasteiger partial charge in [-0.2, -0.15) is 11.8 Å². The number of thioether (sulfide) groups is 1. The van der Waals surface area contributed by atoms with Crippen LogP contribution in [0.4, 0.5) is 0 Å². The number of hydrogen-bond acceptors (Lipinski definition) is 2. The molecule has 0 spiro atoms. The highest BCUT2D eigenvalue weighted by atomic mass is 32.2. The third-order valence-corrected chi connectivity index (χ3v) is 4.70. The third kappa shape index (κ3) is 6.80. The van der Waals surface area contributed by atoms with Crippen LogP contribution in [0.5, 0.6) is 0 Å². The Morgan fingerprint density at radius 2 is 1.94 bits per heavy atom. The van der Waals surface area contributed by atoms with Gasteiger partial charge in [0.2, 0.25) is 0 Å². The Kier molecular flexibility index (Phi) is 7.55. The molecule has 1 aliphatic rings. The largest absolute Gasteiger partial charge is 0.313 e. The van der Waals surface area contributed by atoms with E-state index in [0.717, 1.165) is 17.2 Å². The Labute approximate surface area is 106 Å². The van der Waals surface area contributed by atoms with Crippen LogP contribution in [0.15, 0.2) is 0 Å². The second-order valence-electron chi connectivity index (χ2n) is 5.63. The molecule has 2 heteroatoms. The summed E-state index contributed by atoms with van der Waals surface area (Å²) in [4.78, 5) is 0. The van der Waals surface area contributed by atoms with E-state index in [9.17, 15) is 0 Å². The van der Waals surface area contributed by atoms with E-state index in [2.05, 4.69) is 37.8 Å². The Balaban J connectivity index is 1.81. The van der Waals surface area contributed by atoms with E-state index < -0.39 is 0 Å². The van der Waals surface area contributed by atoms with E-state index in [1.165, 1.54) is 50.8 Å². The summed E-state index contributed by atoms with van der Waals surface area (Å²) < 4.78 is 0. The van der Waals surface area contributed by atoms with Crippen molar-refractivity contribution in [2.45, 2.75) is 70.6 Å². The fraction of sp³-hybridized carbons (Fsp3) is 1.00. The van der Waals surface area contributed by atoms with E-state index in [1.807, 2.05) is 0 Å². The Morgan fingerprint density at radius 3 is 2.56 bits per heavy atom. The molecule has 1 heterocycles. The van der Waals surface area contributed by atoms with Gasteiger partial charge in [-0.05, 0) is 25.3 Å². The third-order valence-electron chi connectivity index (χ3n) is 3.34. The van der Waals surface area contributed by atoms with Gasteiger partial charge in [-0.1, -0.05) is 46.5 Å². The summed E-state index contributed by atoms with van der Waals surface area (Å²) in [6.07, 6.45) is 8.41. The van der Waals surface area contributed by atoms with Crippen molar-refractivity contribution >= 4 is 11.8 Å². The monoisotopic (exact) mass is 243 g/mol. The van der Waals surface area contributed by atoms with Gasteiger partial charge in [-0.3, -0.25) is 0 Å². The van der Waals surface area contributed by atoms with Crippen LogP contribution in [-0.4, -0.2) is 23.6 Å². The lowest BCUT2D eigenvalue weighted by atomic mass is 10.0. The van der Waals surface area contributed by atoms with E-state index >= 15 is 0 Å². The molecule has 0 amide bonds. The molecule has 0 saturated carbocycles. The quantitative estimate of drug-likeness (QED) is 0.645. The number of unbranched alkanes of at least 4 members (excludes halogenated alkanes) is 3. The summed E-state index contributed by atoms with van der Waals surface area (Å²) in [7, 11) is 0. The molecule has 16 heavy (non-hydrogen) atoms. The number of hydrogen-bond donors (Lipinski definition) is 1. The normalized spacial score (nSPS) is 25.5. The minimum atomic E-state index is 0.802. The van der Waals surface area contributed by atoms with Gasteiger partial charge in [0.25, 0.3) is 0 Å². The van der Waals surface area contributed by atoms with Gasteiger partial charge in [0.05, 0.1) is 0 Å². The first kappa shape index (κ1) is 14.4. The first-order valence-corrected chi connectivity index (χ1v) is 8.08. The van der Waals surface area contributed by atoms with Crippen LogP contribution in [0.25, 0.3) is 0 Å². The van der Waals surface area contributed by atoms with Crippen LogP contribution in [0.1, 0.15) is 59.3 Å². The lowest BCUT2D eigenvalue weighted by molar-refractivity contribution is 0.490. The standard InChI is InChI=1S/C14H29NS/c1-12(2)8-6-4-5-7-9-15-14-10-13(3)16-11-14/h12-15H,4-11H2,1-3H3. The maximum atomic E-state index is 3.69. The maximum absolute atomic E-state index is 3.69. The zero-order valence-corrected chi connectivity index (χ0v) is 12.1. The molecule has 0 aromatic rings. The highest BCUT2D eigenvalue weighted by Gasteiger charge is 2.20. The molecule has 2 unspecified atom stereocenters. The average Bonchev–Trinajstić information content (AvgIpc) is 2.62. The second kappa shape index (κ2) is 8.41. The van der Waals surface area contributed by atoms with E-state index in [0.29, 0.717) is 0 Å². The summed E-state index contributed by atoms with van der Waals surface area (Å²) in [5, 5.41) is 4.57. The zero-order valence-electron chi connectivity index (χ0n) is 11.3. The van der Waals surface area contributed by atoms with Gasteiger partial charge in [-0.15, -0.1) is 0 Å². The van der Waals surface area contributed by atoms with Gasteiger partial charge in [0, 0.05) is 17.0 Å². The fourth-order valence-corrected chi connectivity index (χ4v) is 3.48. The van der Waals surface area contributed by atoms with Crippen LogP contribution < -0.4 is 5.32 Å². The molecule has 0 aliphatic carbocycles. The molecule has 0 radical (unpaired) electrons. The van der Waals surface area contributed by atoms with Crippen molar-refractivity contribution in [1.29, 1.82) is 0 Å². The summed E-state index contributed by atoms with van der Waals surface area (Å²) in [5.41, 5.74) is 0. The first-order valence-electron chi connectivity index (χ1n) is 7.03. The van der Waals surface area contributed by atoms with Gasteiger partial charge >= 0.3 is 0 Å². The smallest absolute Gasteiger partial charge is 0.0168 e. The minimum Gasteiger partial charge on any atom is -0.313 e. The van der Waals surface area contributed by atoms with Crippen molar-refractivity contribution in [3.8, 4) is 0 Å². The lowest BCUT2D eigenvalue weighted by Gasteiger charge is -2.11. The van der Waals surface area contributed by atoms with Crippen LogP contribution in [0.2, 0.25) is 0 Å². The molecular weight excluding hydrogens is 214 g/mol. The molecule has 1 N–H and O–H groups in total. The molecule has 0 bridgehead atoms. The zero-order chi connectivity index (χ0) is 11.8. The molecule has 1 rings (SSSR count). The van der Waals surface area contributed by atoms with Crippen molar-refractivity contribution < 1.29 is 0 Å². The fourth-order valence-electron chi connectivity index (χ4n) is 2.30. The molecule has 1 aliphatic heterocycles. The highest BCUT2D eigenvalue weighted by molar-refractivity contribution is 8.00. The Morgan fingerprint density at radius 1 is 1.19 bits per heavy atom. The predicted octanol–water partition coefficient (Wildman–Crippen LogP) is 4.08. The molecule has 0 aromatic carbocycles. The minimum absolute atomic E-state index is 0.802. The summed E-state index contributed by atoms with van der Waals surface area (Å²) in [6.45, 7) is 8.22. The Hall–Kier alpha value is 0.310. The van der Waals surface area contributed by atoms with Crippen molar-refractivity contribution in [1.82, 2.24) is 5.32 Å². The van der Waals surface area contributed by atoms with Crippen LogP contribution in [0.3, 0.4) is 0 Å². The van der Waals surface area contributed by atoms with Gasteiger partial charge < -0.3 is 5.32 Å².